The normalized spacial score (nSPS) is 18.8. The second-order valence-corrected chi connectivity index (χ2v) is 5.08. The lowest BCUT2D eigenvalue weighted by molar-refractivity contribution is -0.0598. The Kier molecular flexibility index (Phi) is 4.75. The van der Waals surface area contributed by atoms with E-state index in [0.29, 0.717) is 6.61 Å². The predicted octanol–water partition coefficient (Wildman–Crippen LogP) is 2.53. The zero-order chi connectivity index (χ0) is 13.0. The standard InChI is InChI=1S/C15H22O3/c1-11-7-12(2)9-13(8-11)15(16)10-18-14-3-5-17-6-4-14/h7-9,14-16H,3-6,10H2,1-2H3. The van der Waals surface area contributed by atoms with Gasteiger partial charge in [0.05, 0.1) is 12.7 Å². The second kappa shape index (κ2) is 6.32. The minimum Gasteiger partial charge on any atom is -0.386 e. The summed E-state index contributed by atoms with van der Waals surface area (Å²) in [5.41, 5.74) is 3.30. The van der Waals surface area contributed by atoms with Crippen LogP contribution in [0.25, 0.3) is 0 Å². The Balaban J connectivity index is 1.88. The SMILES string of the molecule is Cc1cc(C)cc(C(O)COC2CCOCC2)c1. The first-order valence-corrected chi connectivity index (χ1v) is 6.61. The summed E-state index contributed by atoms with van der Waals surface area (Å²) in [5.74, 6) is 0. The van der Waals surface area contributed by atoms with E-state index < -0.39 is 6.10 Å². The van der Waals surface area contributed by atoms with Crippen LogP contribution in [-0.4, -0.2) is 31.0 Å². The van der Waals surface area contributed by atoms with Crippen molar-refractivity contribution in [1.29, 1.82) is 0 Å². The largest absolute Gasteiger partial charge is 0.386 e. The Labute approximate surface area is 109 Å². The molecule has 0 aromatic heterocycles. The van der Waals surface area contributed by atoms with Crippen molar-refractivity contribution in [2.45, 2.75) is 38.9 Å². The number of aryl methyl sites for hydroxylation is 2. The van der Waals surface area contributed by atoms with Gasteiger partial charge in [-0.3, -0.25) is 0 Å². The highest BCUT2D eigenvalue weighted by Crippen LogP contribution is 2.19. The van der Waals surface area contributed by atoms with Crippen LogP contribution in [0.1, 0.15) is 35.6 Å². The predicted molar refractivity (Wildman–Crippen MR) is 70.7 cm³/mol. The fraction of sp³-hybridized carbons (Fsp3) is 0.600. The van der Waals surface area contributed by atoms with Gasteiger partial charge < -0.3 is 14.6 Å². The van der Waals surface area contributed by atoms with E-state index in [1.807, 2.05) is 26.0 Å². The van der Waals surface area contributed by atoms with E-state index in [-0.39, 0.29) is 6.10 Å². The van der Waals surface area contributed by atoms with Crippen molar-refractivity contribution in [2.24, 2.45) is 0 Å². The van der Waals surface area contributed by atoms with Gasteiger partial charge in [-0.15, -0.1) is 0 Å². The molecule has 1 aliphatic heterocycles. The molecule has 0 saturated carbocycles. The maximum absolute atomic E-state index is 10.1. The van der Waals surface area contributed by atoms with E-state index >= 15 is 0 Å². The van der Waals surface area contributed by atoms with Gasteiger partial charge in [0.2, 0.25) is 0 Å². The lowest BCUT2D eigenvalue weighted by Crippen LogP contribution is -2.25. The minimum absolute atomic E-state index is 0.235. The van der Waals surface area contributed by atoms with Crippen LogP contribution in [0, 0.1) is 13.8 Å². The fourth-order valence-corrected chi connectivity index (χ4v) is 2.37. The molecule has 100 valence electrons. The van der Waals surface area contributed by atoms with E-state index in [9.17, 15) is 5.11 Å². The van der Waals surface area contributed by atoms with Crippen molar-refractivity contribution >= 4 is 0 Å². The molecule has 1 atom stereocenters. The van der Waals surface area contributed by atoms with E-state index in [1.165, 1.54) is 11.1 Å². The molecule has 0 amide bonds. The molecule has 1 unspecified atom stereocenters. The molecule has 1 fully saturated rings. The van der Waals surface area contributed by atoms with Gasteiger partial charge in [0.25, 0.3) is 0 Å². The van der Waals surface area contributed by atoms with Crippen molar-refractivity contribution in [1.82, 2.24) is 0 Å². The molecule has 0 bridgehead atoms. The number of hydrogen-bond donors (Lipinski definition) is 1. The van der Waals surface area contributed by atoms with Crippen molar-refractivity contribution < 1.29 is 14.6 Å². The molecule has 0 spiro atoms. The maximum atomic E-state index is 10.1. The average Bonchev–Trinajstić information content (AvgIpc) is 2.36. The first-order valence-electron chi connectivity index (χ1n) is 6.61. The summed E-state index contributed by atoms with van der Waals surface area (Å²) in [6, 6.07) is 6.14. The summed E-state index contributed by atoms with van der Waals surface area (Å²) < 4.78 is 11.0. The third-order valence-corrected chi connectivity index (χ3v) is 3.29. The van der Waals surface area contributed by atoms with Gasteiger partial charge in [0, 0.05) is 13.2 Å². The van der Waals surface area contributed by atoms with Crippen LogP contribution in [-0.2, 0) is 9.47 Å². The fourth-order valence-electron chi connectivity index (χ4n) is 2.37. The van der Waals surface area contributed by atoms with Gasteiger partial charge in [0.1, 0.15) is 6.10 Å². The van der Waals surface area contributed by atoms with E-state index in [0.717, 1.165) is 31.6 Å². The van der Waals surface area contributed by atoms with Gasteiger partial charge in [-0.2, -0.15) is 0 Å². The molecule has 18 heavy (non-hydrogen) atoms. The minimum atomic E-state index is -0.536. The summed E-state index contributed by atoms with van der Waals surface area (Å²) >= 11 is 0. The van der Waals surface area contributed by atoms with Gasteiger partial charge >= 0.3 is 0 Å². The molecule has 1 aliphatic rings. The lowest BCUT2D eigenvalue weighted by Gasteiger charge is -2.24. The summed E-state index contributed by atoms with van der Waals surface area (Å²) in [5, 5.41) is 10.1. The van der Waals surface area contributed by atoms with Crippen LogP contribution in [0.2, 0.25) is 0 Å². The highest BCUT2D eigenvalue weighted by molar-refractivity contribution is 5.29. The first kappa shape index (κ1) is 13.5. The van der Waals surface area contributed by atoms with Crippen molar-refractivity contribution in [3.05, 3.63) is 34.9 Å². The molecule has 3 nitrogen and oxygen atoms in total. The zero-order valence-electron chi connectivity index (χ0n) is 11.2. The summed E-state index contributed by atoms with van der Waals surface area (Å²) in [6.07, 6.45) is 1.56. The smallest absolute Gasteiger partial charge is 0.102 e. The highest BCUT2D eigenvalue weighted by atomic mass is 16.5. The molecule has 3 heteroatoms. The van der Waals surface area contributed by atoms with Crippen LogP contribution in [0.15, 0.2) is 18.2 Å². The summed E-state index contributed by atoms with van der Waals surface area (Å²) in [4.78, 5) is 0. The Morgan fingerprint density at radius 1 is 1.22 bits per heavy atom. The van der Waals surface area contributed by atoms with Crippen LogP contribution >= 0.6 is 0 Å². The van der Waals surface area contributed by atoms with E-state index in [1.54, 1.807) is 0 Å². The Morgan fingerprint density at radius 3 is 2.44 bits per heavy atom. The lowest BCUT2D eigenvalue weighted by atomic mass is 10.0. The monoisotopic (exact) mass is 250 g/mol. The quantitative estimate of drug-likeness (QED) is 0.892. The van der Waals surface area contributed by atoms with Crippen molar-refractivity contribution in [2.75, 3.05) is 19.8 Å². The van der Waals surface area contributed by atoms with Gasteiger partial charge in [-0.1, -0.05) is 29.3 Å². The van der Waals surface area contributed by atoms with Crippen LogP contribution in [0.4, 0.5) is 0 Å². The first-order chi connectivity index (χ1) is 8.65. The number of rotatable bonds is 4. The maximum Gasteiger partial charge on any atom is 0.102 e. The Bertz CT molecular complexity index is 363. The van der Waals surface area contributed by atoms with Crippen LogP contribution in [0.5, 0.6) is 0 Å². The number of ether oxygens (including phenoxy) is 2. The highest BCUT2D eigenvalue weighted by Gasteiger charge is 2.16. The number of benzene rings is 1. The molecular formula is C15H22O3. The van der Waals surface area contributed by atoms with Crippen molar-refractivity contribution in [3.8, 4) is 0 Å². The molecule has 1 aromatic rings. The van der Waals surface area contributed by atoms with Gasteiger partial charge in [-0.25, -0.2) is 0 Å². The van der Waals surface area contributed by atoms with Gasteiger partial charge in [-0.05, 0) is 32.3 Å². The molecule has 1 N–H and O–H groups in total. The second-order valence-electron chi connectivity index (χ2n) is 5.08. The molecule has 1 heterocycles. The van der Waals surface area contributed by atoms with Crippen molar-refractivity contribution in [3.63, 3.8) is 0 Å². The van der Waals surface area contributed by atoms with Gasteiger partial charge in [0.15, 0.2) is 0 Å². The molecule has 2 rings (SSSR count). The molecule has 1 saturated heterocycles. The zero-order valence-corrected chi connectivity index (χ0v) is 11.2. The third-order valence-electron chi connectivity index (χ3n) is 3.29. The molecule has 0 aliphatic carbocycles. The third kappa shape index (κ3) is 3.80. The van der Waals surface area contributed by atoms with E-state index in [4.69, 9.17) is 9.47 Å². The molecule has 1 aromatic carbocycles. The van der Waals surface area contributed by atoms with E-state index in [2.05, 4.69) is 6.07 Å². The number of hydrogen-bond acceptors (Lipinski definition) is 3. The average molecular weight is 250 g/mol. The van der Waals surface area contributed by atoms with Crippen LogP contribution < -0.4 is 0 Å². The Hall–Kier alpha value is -0.900. The van der Waals surface area contributed by atoms with Crippen LogP contribution in [0.3, 0.4) is 0 Å². The molecular weight excluding hydrogens is 228 g/mol. The summed E-state index contributed by atoms with van der Waals surface area (Å²) in [6.45, 7) is 5.99. The number of aliphatic hydroxyl groups excluding tert-OH is 1. The Morgan fingerprint density at radius 2 is 1.83 bits per heavy atom. The molecule has 0 radical (unpaired) electrons. The topological polar surface area (TPSA) is 38.7 Å². The summed E-state index contributed by atoms with van der Waals surface area (Å²) in [7, 11) is 0. The number of aliphatic hydroxyl groups is 1.